The lowest BCUT2D eigenvalue weighted by molar-refractivity contribution is 0.0940. The lowest BCUT2D eigenvalue weighted by Gasteiger charge is -2.24. The summed E-state index contributed by atoms with van der Waals surface area (Å²) in [5.41, 5.74) is 2.53. The molecule has 154 valence electrons. The van der Waals surface area contributed by atoms with Gasteiger partial charge in [0.1, 0.15) is 4.21 Å². The second kappa shape index (κ2) is 8.74. The molecule has 0 N–H and O–H groups in total. The van der Waals surface area contributed by atoms with Crippen molar-refractivity contribution in [3.63, 3.8) is 0 Å². The Kier molecular flexibility index (Phi) is 6.09. The summed E-state index contributed by atoms with van der Waals surface area (Å²) in [6, 6.07) is 7.28. The zero-order chi connectivity index (χ0) is 20.3. The Hall–Kier alpha value is -2.07. The predicted octanol–water partition coefficient (Wildman–Crippen LogP) is 3.52. The standard InChI is InChI=1S/C20H23N3O4S2/c1-15-11-19(27-22-15)17-12-20(28-14-17)29(24,25)23(13-18-3-2-10-26-18)9-6-16-4-7-21-8-5-16/h4-5,7-8,11-12,14,18H,2-3,6,9-10,13H2,1H3. The van der Waals surface area contributed by atoms with E-state index < -0.39 is 10.0 Å². The van der Waals surface area contributed by atoms with Gasteiger partial charge >= 0.3 is 0 Å². The van der Waals surface area contributed by atoms with Crippen LogP contribution in [0.5, 0.6) is 0 Å². The fourth-order valence-electron chi connectivity index (χ4n) is 3.34. The van der Waals surface area contributed by atoms with Gasteiger partial charge in [0.15, 0.2) is 5.76 Å². The Bertz CT molecular complexity index is 1040. The molecule has 3 aromatic heterocycles. The smallest absolute Gasteiger partial charge is 0.252 e. The third-order valence-electron chi connectivity index (χ3n) is 4.91. The molecule has 1 unspecified atom stereocenters. The SMILES string of the molecule is Cc1cc(-c2csc(S(=O)(=O)N(CCc3ccncc3)CC3CCCO3)c2)on1. The quantitative estimate of drug-likeness (QED) is 0.540. The maximum absolute atomic E-state index is 13.4. The van der Waals surface area contributed by atoms with Crippen LogP contribution in [-0.2, 0) is 21.2 Å². The Morgan fingerprint density at radius 1 is 1.28 bits per heavy atom. The first-order valence-corrected chi connectivity index (χ1v) is 11.9. The molecule has 1 aliphatic heterocycles. The molecular weight excluding hydrogens is 410 g/mol. The number of hydrogen-bond acceptors (Lipinski definition) is 7. The summed E-state index contributed by atoms with van der Waals surface area (Å²) >= 11 is 1.20. The minimum absolute atomic E-state index is 0.0569. The van der Waals surface area contributed by atoms with Gasteiger partial charge in [0.2, 0.25) is 0 Å². The molecule has 1 aliphatic rings. The Balaban J connectivity index is 1.56. The minimum atomic E-state index is -3.64. The van der Waals surface area contributed by atoms with Gasteiger partial charge < -0.3 is 9.26 Å². The zero-order valence-corrected chi connectivity index (χ0v) is 17.8. The summed E-state index contributed by atoms with van der Waals surface area (Å²) in [5, 5.41) is 5.67. The van der Waals surface area contributed by atoms with Crippen molar-refractivity contribution in [1.29, 1.82) is 0 Å². The van der Waals surface area contributed by atoms with Crippen molar-refractivity contribution >= 4 is 21.4 Å². The Morgan fingerprint density at radius 2 is 2.10 bits per heavy atom. The third-order valence-corrected chi connectivity index (χ3v) is 8.19. The molecule has 1 atom stereocenters. The first-order chi connectivity index (χ1) is 14.0. The number of hydrogen-bond donors (Lipinski definition) is 0. The van der Waals surface area contributed by atoms with E-state index in [1.807, 2.05) is 19.1 Å². The van der Waals surface area contributed by atoms with Crippen molar-refractivity contribution < 1.29 is 17.7 Å². The average Bonchev–Trinajstić information content (AvgIpc) is 3.47. The number of rotatable bonds is 8. The van der Waals surface area contributed by atoms with Crippen molar-refractivity contribution in [2.24, 2.45) is 0 Å². The minimum Gasteiger partial charge on any atom is -0.377 e. The van der Waals surface area contributed by atoms with E-state index in [-0.39, 0.29) is 6.10 Å². The van der Waals surface area contributed by atoms with Crippen LogP contribution in [0.2, 0.25) is 0 Å². The van der Waals surface area contributed by atoms with Crippen molar-refractivity contribution in [3.8, 4) is 11.3 Å². The van der Waals surface area contributed by atoms with Crippen LogP contribution >= 0.6 is 11.3 Å². The normalized spacial score (nSPS) is 17.2. The van der Waals surface area contributed by atoms with Crippen LogP contribution in [0, 0.1) is 6.92 Å². The van der Waals surface area contributed by atoms with Gasteiger partial charge in [-0.05, 0) is 49.9 Å². The van der Waals surface area contributed by atoms with Gasteiger partial charge in [0, 0.05) is 49.1 Å². The second-order valence-corrected chi connectivity index (χ2v) is 10.2. The van der Waals surface area contributed by atoms with Gasteiger partial charge in [-0.1, -0.05) is 5.16 Å². The third kappa shape index (κ3) is 4.75. The molecule has 0 aromatic carbocycles. The summed E-state index contributed by atoms with van der Waals surface area (Å²) in [4.78, 5) is 4.02. The molecule has 4 rings (SSSR count). The van der Waals surface area contributed by atoms with Gasteiger partial charge in [-0.2, -0.15) is 4.31 Å². The number of aryl methyl sites for hydroxylation is 1. The zero-order valence-electron chi connectivity index (χ0n) is 16.2. The number of aromatic nitrogens is 2. The average molecular weight is 434 g/mol. The molecule has 3 aromatic rings. The molecule has 0 bridgehead atoms. The van der Waals surface area contributed by atoms with Gasteiger partial charge in [-0.15, -0.1) is 11.3 Å². The van der Waals surface area contributed by atoms with E-state index in [2.05, 4.69) is 10.1 Å². The van der Waals surface area contributed by atoms with Crippen LogP contribution in [0.25, 0.3) is 11.3 Å². The molecular formula is C20H23N3O4S2. The monoisotopic (exact) mass is 433 g/mol. The molecule has 1 fully saturated rings. The van der Waals surface area contributed by atoms with Crippen molar-refractivity contribution in [2.75, 3.05) is 19.7 Å². The van der Waals surface area contributed by atoms with Crippen LogP contribution in [0.1, 0.15) is 24.1 Å². The highest BCUT2D eigenvalue weighted by atomic mass is 32.2. The summed E-state index contributed by atoms with van der Waals surface area (Å²) in [6.45, 7) is 3.28. The number of thiophene rings is 1. The number of ether oxygens (including phenoxy) is 1. The molecule has 29 heavy (non-hydrogen) atoms. The van der Waals surface area contributed by atoms with Gasteiger partial charge in [-0.25, -0.2) is 8.42 Å². The lowest BCUT2D eigenvalue weighted by atomic mass is 10.2. The van der Waals surface area contributed by atoms with Crippen molar-refractivity contribution in [2.45, 2.75) is 36.5 Å². The predicted molar refractivity (Wildman–Crippen MR) is 110 cm³/mol. The van der Waals surface area contributed by atoms with E-state index in [0.29, 0.717) is 36.1 Å². The Morgan fingerprint density at radius 3 is 2.79 bits per heavy atom. The molecule has 0 aliphatic carbocycles. The highest BCUT2D eigenvalue weighted by molar-refractivity contribution is 7.91. The molecule has 7 nitrogen and oxygen atoms in total. The highest BCUT2D eigenvalue weighted by Gasteiger charge is 2.30. The van der Waals surface area contributed by atoms with Crippen molar-refractivity contribution in [3.05, 3.63) is 53.3 Å². The van der Waals surface area contributed by atoms with Gasteiger partial charge in [0.25, 0.3) is 10.0 Å². The maximum atomic E-state index is 13.4. The van der Waals surface area contributed by atoms with Gasteiger partial charge in [-0.3, -0.25) is 4.98 Å². The van der Waals surface area contributed by atoms with E-state index >= 15 is 0 Å². The lowest BCUT2D eigenvalue weighted by Crippen LogP contribution is -2.38. The molecule has 9 heteroatoms. The first-order valence-electron chi connectivity index (χ1n) is 9.55. The topological polar surface area (TPSA) is 85.5 Å². The molecule has 1 saturated heterocycles. The molecule has 4 heterocycles. The van der Waals surface area contributed by atoms with Crippen LogP contribution in [-0.4, -0.2) is 48.7 Å². The van der Waals surface area contributed by atoms with Crippen LogP contribution in [0.3, 0.4) is 0 Å². The van der Waals surface area contributed by atoms with E-state index in [0.717, 1.165) is 29.7 Å². The van der Waals surface area contributed by atoms with Crippen LogP contribution < -0.4 is 0 Å². The summed E-state index contributed by atoms with van der Waals surface area (Å²) in [7, 11) is -3.64. The first kappa shape index (κ1) is 20.2. The number of nitrogens with zero attached hydrogens (tertiary/aromatic N) is 3. The maximum Gasteiger partial charge on any atom is 0.252 e. The molecule has 0 spiro atoms. The molecule has 0 radical (unpaired) electrons. The molecule has 0 saturated carbocycles. The van der Waals surface area contributed by atoms with E-state index in [9.17, 15) is 8.42 Å². The number of sulfonamides is 1. The summed E-state index contributed by atoms with van der Waals surface area (Å²) < 4.78 is 39.7. The van der Waals surface area contributed by atoms with E-state index in [1.54, 1.807) is 34.2 Å². The fourth-order valence-corrected chi connectivity index (χ4v) is 6.13. The van der Waals surface area contributed by atoms with E-state index in [4.69, 9.17) is 9.26 Å². The second-order valence-electron chi connectivity index (χ2n) is 7.09. The number of pyridine rings is 1. The van der Waals surface area contributed by atoms with Gasteiger partial charge in [0.05, 0.1) is 11.8 Å². The largest absolute Gasteiger partial charge is 0.377 e. The van der Waals surface area contributed by atoms with E-state index in [1.165, 1.54) is 11.3 Å². The molecule has 0 amide bonds. The summed E-state index contributed by atoms with van der Waals surface area (Å²) in [5.74, 6) is 0.572. The van der Waals surface area contributed by atoms with Crippen LogP contribution in [0.4, 0.5) is 0 Å². The van der Waals surface area contributed by atoms with Crippen LogP contribution in [0.15, 0.2) is 50.8 Å². The summed E-state index contributed by atoms with van der Waals surface area (Å²) in [6.07, 6.45) is 5.86. The fraction of sp³-hybridized carbons (Fsp3) is 0.400. The van der Waals surface area contributed by atoms with Crippen molar-refractivity contribution in [1.82, 2.24) is 14.4 Å². The highest BCUT2D eigenvalue weighted by Crippen LogP contribution is 2.31. The Labute approximate surface area is 174 Å².